The molecule has 0 saturated carbocycles. The first kappa shape index (κ1) is 22.0. The summed E-state index contributed by atoms with van der Waals surface area (Å²) in [5.74, 6) is 1.02. The average Bonchev–Trinajstić information content (AvgIpc) is 2.97. The number of halogens is 1. The van der Waals surface area contributed by atoms with Crippen LogP contribution in [0.5, 0.6) is 11.5 Å². The summed E-state index contributed by atoms with van der Waals surface area (Å²) in [6, 6.07) is 21.7. The number of piperidine rings is 1. The fourth-order valence-corrected chi connectivity index (χ4v) is 5.08. The van der Waals surface area contributed by atoms with Crippen molar-refractivity contribution in [3.8, 4) is 11.5 Å². The van der Waals surface area contributed by atoms with E-state index in [0.717, 1.165) is 65.4 Å². The van der Waals surface area contributed by atoms with E-state index < -0.39 is 0 Å². The minimum Gasteiger partial charge on any atom is -0.508 e. The van der Waals surface area contributed by atoms with Gasteiger partial charge in [-0.05, 0) is 71.9 Å². The third-order valence-electron chi connectivity index (χ3n) is 6.65. The zero-order valence-corrected chi connectivity index (χ0v) is 19.2. The molecule has 2 heterocycles. The van der Waals surface area contributed by atoms with E-state index >= 15 is 0 Å². The number of phenols is 1. The van der Waals surface area contributed by atoms with E-state index in [2.05, 4.69) is 35.2 Å². The first-order valence-corrected chi connectivity index (χ1v) is 11.9. The first-order valence-electron chi connectivity index (χ1n) is 11.5. The van der Waals surface area contributed by atoms with Gasteiger partial charge in [-0.2, -0.15) is 0 Å². The molecule has 2 unspecified atom stereocenters. The van der Waals surface area contributed by atoms with Gasteiger partial charge in [0.1, 0.15) is 18.1 Å². The number of aliphatic hydroxyl groups excluding tert-OH is 1. The molecule has 4 nitrogen and oxygen atoms in total. The molecule has 0 aliphatic carbocycles. The summed E-state index contributed by atoms with van der Waals surface area (Å²) >= 11 is 6.09. The molecule has 33 heavy (non-hydrogen) atoms. The van der Waals surface area contributed by atoms with Crippen LogP contribution in [0.3, 0.4) is 0 Å². The van der Waals surface area contributed by atoms with E-state index in [0.29, 0.717) is 6.61 Å². The summed E-state index contributed by atoms with van der Waals surface area (Å²) in [7, 11) is 0. The number of likely N-dealkylation sites (tertiary alicyclic amines) is 1. The van der Waals surface area contributed by atoms with Gasteiger partial charge in [0.25, 0.3) is 0 Å². The number of phenolic OH excluding ortho intramolecular Hbond substituents is 1. The van der Waals surface area contributed by atoms with Crippen LogP contribution in [0.2, 0.25) is 5.02 Å². The van der Waals surface area contributed by atoms with E-state index in [1.807, 2.05) is 30.3 Å². The Kier molecular flexibility index (Phi) is 6.41. The number of benzene rings is 3. The summed E-state index contributed by atoms with van der Waals surface area (Å²) < 4.78 is 6.05. The maximum absolute atomic E-state index is 10.3. The highest BCUT2D eigenvalue weighted by Gasteiger charge is 2.28. The zero-order valence-electron chi connectivity index (χ0n) is 18.5. The average molecular weight is 462 g/mol. The predicted molar refractivity (Wildman–Crippen MR) is 132 cm³/mol. The highest BCUT2D eigenvalue weighted by Crippen LogP contribution is 2.39. The molecular weight excluding hydrogens is 434 g/mol. The van der Waals surface area contributed by atoms with Crippen LogP contribution in [0.25, 0.3) is 5.57 Å². The number of hydrogen-bond donors (Lipinski definition) is 2. The fraction of sp³-hybridized carbons (Fsp3) is 0.286. The quantitative estimate of drug-likeness (QED) is 0.503. The van der Waals surface area contributed by atoms with Crippen molar-refractivity contribution in [2.45, 2.75) is 38.0 Å². The molecule has 2 aliphatic heterocycles. The molecule has 0 aromatic heterocycles. The predicted octanol–water partition coefficient (Wildman–Crippen LogP) is 5.96. The lowest BCUT2D eigenvalue weighted by Gasteiger charge is -2.38. The van der Waals surface area contributed by atoms with E-state index in [9.17, 15) is 10.2 Å². The van der Waals surface area contributed by atoms with Gasteiger partial charge in [0.2, 0.25) is 0 Å². The molecule has 5 heteroatoms. The van der Waals surface area contributed by atoms with Gasteiger partial charge in [-0.15, -0.1) is 0 Å². The Morgan fingerprint density at radius 2 is 1.85 bits per heavy atom. The Morgan fingerprint density at radius 1 is 1.03 bits per heavy atom. The van der Waals surface area contributed by atoms with Crippen molar-refractivity contribution < 1.29 is 14.9 Å². The van der Waals surface area contributed by atoms with Crippen molar-refractivity contribution in [2.24, 2.45) is 0 Å². The van der Waals surface area contributed by atoms with Crippen LogP contribution in [-0.4, -0.2) is 34.3 Å². The second-order valence-corrected chi connectivity index (χ2v) is 9.25. The highest BCUT2D eigenvalue weighted by atomic mass is 35.5. The Labute approximate surface area is 199 Å². The molecule has 3 aromatic rings. The van der Waals surface area contributed by atoms with Crippen LogP contribution >= 0.6 is 11.6 Å². The lowest BCUT2D eigenvalue weighted by Crippen LogP contribution is -2.39. The lowest BCUT2D eigenvalue weighted by molar-refractivity contribution is 0.0418. The zero-order chi connectivity index (χ0) is 22.8. The summed E-state index contributed by atoms with van der Waals surface area (Å²) in [6.45, 7) is 2.24. The molecule has 0 bridgehead atoms. The maximum atomic E-state index is 10.3. The Bertz CT molecular complexity index is 1160. The Hall–Kier alpha value is -2.79. The molecule has 170 valence electrons. The van der Waals surface area contributed by atoms with Gasteiger partial charge in [-0.1, -0.05) is 54.1 Å². The number of aromatic hydroxyl groups is 1. The van der Waals surface area contributed by atoms with Crippen molar-refractivity contribution in [1.82, 2.24) is 4.90 Å². The molecule has 1 fully saturated rings. The van der Waals surface area contributed by atoms with E-state index in [-0.39, 0.29) is 17.9 Å². The van der Waals surface area contributed by atoms with Crippen LogP contribution in [0.1, 0.15) is 47.6 Å². The number of aliphatic hydroxyl groups is 1. The second-order valence-electron chi connectivity index (χ2n) is 8.81. The molecular formula is C28H28ClNO3. The molecule has 2 atom stereocenters. The number of fused-ring (bicyclic) bond motifs is 2. The fourth-order valence-electron chi connectivity index (χ4n) is 4.95. The largest absolute Gasteiger partial charge is 0.508 e. The second kappa shape index (κ2) is 9.60. The monoisotopic (exact) mass is 461 g/mol. The maximum Gasteiger partial charge on any atom is 0.127 e. The highest BCUT2D eigenvalue weighted by molar-refractivity contribution is 6.30. The van der Waals surface area contributed by atoms with E-state index in [1.54, 1.807) is 12.1 Å². The molecule has 5 rings (SSSR count). The SMILES string of the molecule is Oc1ccc2c(c1)C(=CCCN1CCC(O)CC1c1ccc(Cl)cc1)c1ccccc1CO2. The number of ether oxygens (including phenoxy) is 1. The number of rotatable bonds is 4. The minimum atomic E-state index is -0.277. The summed E-state index contributed by atoms with van der Waals surface area (Å²) in [5, 5.41) is 21.2. The summed E-state index contributed by atoms with van der Waals surface area (Å²) in [4.78, 5) is 2.45. The number of nitrogens with zero attached hydrogens (tertiary/aromatic N) is 1. The molecule has 0 amide bonds. The normalized spacial score (nSPS) is 21.7. The van der Waals surface area contributed by atoms with E-state index in [4.69, 9.17) is 16.3 Å². The Balaban J connectivity index is 1.43. The molecule has 3 aromatic carbocycles. The van der Waals surface area contributed by atoms with Gasteiger partial charge in [-0.25, -0.2) is 0 Å². The van der Waals surface area contributed by atoms with E-state index in [1.165, 1.54) is 5.56 Å². The van der Waals surface area contributed by atoms with Crippen molar-refractivity contribution in [1.29, 1.82) is 0 Å². The van der Waals surface area contributed by atoms with Gasteiger partial charge in [0.05, 0.1) is 6.10 Å². The van der Waals surface area contributed by atoms with Crippen molar-refractivity contribution >= 4 is 17.2 Å². The van der Waals surface area contributed by atoms with Crippen molar-refractivity contribution in [3.63, 3.8) is 0 Å². The van der Waals surface area contributed by atoms with Crippen LogP contribution in [0.15, 0.2) is 72.8 Å². The summed E-state index contributed by atoms with van der Waals surface area (Å²) in [6.07, 6.45) is 4.34. The van der Waals surface area contributed by atoms with Crippen LogP contribution in [0, 0.1) is 0 Å². The molecule has 2 aliphatic rings. The first-order chi connectivity index (χ1) is 16.1. The van der Waals surface area contributed by atoms with Gasteiger partial charge < -0.3 is 14.9 Å². The summed E-state index contributed by atoms with van der Waals surface area (Å²) in [5.41, 5.74) is 5.48. The van der Waals surface area contributed by atoms with Crippen molar-refractivity contribution in [3.05, 3.63) is 100 Å². The smallest absolute Gasteiger partial charge is 0.127 e. The van der Waals surface area contributed by atoms with Crippen LogP contribution in [-0.2, 0) is 6.61 Å². The van der Waals surface area contributed by atoms with Crippen LogP contribution in [0.4, 0.5) is 0 Å². The molecule has 1 saturated heterocycles. The Morgan fingerprint density at radius 3 is 2.70 bits per heavy atom. The molecule has 2 N–H and O–H groups in total. The van der Waals surface area contributed by atoms with Gasteiger partial charge in [0.15, 0.2) is 0 Å². The van der Waals surface area contributed by atoms with Gasteiger partial charge in [0, 0.05) is 29.7 Å². The molecule has 0 radical (unpaired) electrons. The van der Waals surface area contributed by atoms with Gasteiger partial charge in [-0.3, -0.25) is 4.90 Å². The standard InChI is InChI=1S/C28H28ClNO3/c29-21-9-7-19(8-10-21)27-17-23(32)13-15-30(27)14-3-6-25-24-5-2-1-4-20(24)18-33-28-12-11-22(31)16-26(25)28/h1-2,4-12,16,23,27,31-32H,3,13-15,17-18H2. The molecule has 0 spiro atoms. The third kappa shape index (κ3) is 4.79. The minimum absolute atomic E-state index is 0.172. The van der Waals surface area contributed by atoms with Crippen molar-refractivity contribution in [2.75, 3.05) is 13.1 Å². The third-order valence-corrected chi connectivity index (χ3v) is 6.90. The topological polar surface area (TPSA) is 52.9 Å². The number of hydrogen-bond acceptors (Lipinski definition) is 4. The van der Waals surface area contributed by atoms with Gasteiger partial charge >= 0.3 is 0 Å². The lowest BCUT2D eigenvalue weighted by atomic mass is 9.92. The van der Waals surface area contributed by atoms with Crippen LogP contribution < -0.4 is 4.74 Å².